The number of carbonyl (C=O) groups excluding carboxylic acids is 1. The molecule has 176 valence electrons. The molecule has 1 amide bonds. The van der Waals surface area contributed by atoms with Crippen molar-refractivity contribution in [2.24, 2.45) is 0 Å². The fourth-order valence-corrected chi connectivity index (χ4v) is 4.99. The molecule has 1 saturated carbocycles. The Morgan fingerprint density at radius 1 is 1.12 bits per heavy atom. The van der Waals surface area contributed by atoms with Crippen LogP contribution in [-0.2, 0) is 6.42 Å². The molecule has 6 heteroatoms. The fourth-order valence-electron chi connectivity index (χ4n) is 4.99. The zero-order chi connectivity index (χ0) is 23.5. The molecule has 1 saturated heterocycles. The number of anilines is 1. The number of ether oxygens (including phenoxy) is 1. The third-order valence-electron chi connectivity index (χ3n) is 7.11. The number of halogens is 1. The molecule has 0 spiro atoms. The Morgan fingerprint density at radius 2 is 1.88 bits per heavy atom. The third-order valence-corrected chi connectivity index (χ3v) is 7.11. The van der Waals surface area contributed by atoms with Crippen molar-refractivity contribution in [2.45, 2.75) is 43.6 Å². The van der Waals surface area contributed by atoms with Gasteiger partial charge in [0.05, 0.1) is 7.11 Å². The van der Waals surface area contributed by atoms with Crippen LogP contribution in [0.15, 0.2) is 66.9 Å². The summed E-state index contributed by atoms with van der Waals surface area (Å²) in [6.07, 6.45) is 6.13. The zero-order valence-electron chi connectivity index (χ0n) is 19.5. The van der Waals surface area contributed by atoms with Gasteiger partial charge in [0.2, 0.25) is 0 Å². The molecule has 3 aromatic rings. The monoisotopic (exact) mass is 459 g/mol. The van der Waals surface area contributed by atoms with Crippen molar-refractivity contribution >= 4 is 11.6 Å². The van der Waals surface area contributed by atoms with Crippen LogP contribution < -0.4 is 15.0 Å². The van der Waals surface area contributed by atoms with E-state index in [1.807, 2.05) is 12.1 Å². The van der Waals surface area contributed by atoms with Gasteiger partial charge in [-0.1, -0.05) is 30.3 Å². The highest BCUT2D eigenvalue weighted by molar-refractivity contribution is 5.94. The molecule has 2 aromatic carbocycles. The minimum atomic E-state index is -0.371. The maximum Gasteiger partial charge on any atom is 0.270 e. The normalized spacial score (nSPS) is 17.3. The summed E-state index contributed by atoms with van der Waals surface area (Å²) in [7, 11) is 1.58. The van der Waals surface area contributed by atoms with Crippen LogP contribution in [0, 0.1) is 5.82 Å². The molecule has 2 heterocycles. The molecular weight excluding hydrogens is 429 g/mol. The summed E-state index contributed by atoms with van der Waals surface area (Å²) in [6, 6.07) is 19.1. The number of rotatable bonds is 7. The molecule has 0 atom stereocenters. The van der Waals surface area contributed by atoms with E-state index in [4.69, 9.17) is 4.74 Å². The van der Waals surface area contributed by atoms with Gasteiger partial charge in [-0.3, -0.25) is 9.78 Å². The van der Waals surface area contributed by atoms with Crippen molar-refractivity contribution in [1.29, 1.82) is 0 Å². The highest BCUT2D eigenvalue weighted by Gasteiger charge is 2.45. The number of carbonyl (C=O) groups is 1. The SMILES string of the molecule is COc1ccc(F)cc1CC1(NC(=O)c2cc(N3CCC(c4ccccc4)CC3)ccn2)CC1. The van der Waals surface area contributed by atoms with Crippen LogP contribution in [0.5, 0.6) is 5.75 Å². The van der Waals surface area contributed by atoms with E-state index in [1.165, 1.54) is 17.7 Å². The molecular formula is C28H30FN3O2. The first-order chi connectivity index (χ1) is 16.5. The van der Waals surface area contributed by atoms with Gasteiger partial charge in [0.25, 0.3) is 5.91 Å². The lowest BCUT2D eigenvalue weighted by atomic mass is 9.89. The van der Waals surface area contributed by atoms with Gasteiger partial charge in [0.15, 0.2) is 0 Å². The largest absolute Gasteiger partial charge is 0.496 e. The van der Waals surface area contributed by atoms with Crippen LogP contribution in [0.4, 0.5) is 10.1 Å². The molecule has 5 nitrogen and oxygen atoms in total. The number of methoxy groups -OCH3 is 1. The van der Waals surface area contributed by atoms with E-state index in [0.29, 0.717) is 23.8 Å². The predicted molar refractivity (Wildman–Crippen MR) is 131 cm³/mol. The Labute approximate surface area is 200 Å². The van der Waals surface area contributed by atoms with Gasteiger partial charge >= 0.3 is 0 Å². The summed E-state index contributed by atoms with van der Waals surface area (Å²) in [6.45, 7) is 1.90. The van der Waals surface area contributed by atoms with Crippen molar-refractivity contribution in [3.05, 3.63) is 89.5 Å². The van der Waals surface area contributed by atoms with Gasteiger partial charge in [0.1, 0.15) is 17.3 Å². The average molecular weight is 460 g/mol. The van der Waals surface area contributed by atoms with Gasteiger partial charge in [-0.25, -0.2) is 4.39 Å². The van der Waals surface area contributed by atoms with Crippen LogP contribution in [0.1, 0.15) is 53.2 Å². The van der Waals surface area contributed by atoms with Crippen molar-refractivity contribution in [2.75, 3.05) is 25.1 Å². The van der Waals surface area contributed by atoms with E-state index in [1.54, 1.807) is 19.4 Å². The quantitative estimate of drug-likeness (QED) is 0.533. The number of aromatic nitrogens is 1. The highest BCUT2D eigenvalue weighted by atomic mass is 19.1. The first-order valence-corrected chi connectivity index (χ1v) is 12.0. The van der Waals surface area contributed by atoms with E-state index in [-0.39, 0.29) is 17.3 Å². The topological polar surface area (TPSA) is 54.5 Å². The number of piperidine rings is 1. The molecule has 0 radical (unpaired) electrons. The zero-order valence-corrected chi connectivity index (χ0v) is 19.5. The summed E-state index contributed by atoms with van der Waals surface area (Å²) in [5.74, 6) is 0.731. The van der Waals surface area contributed by atoms with Crippen LogP contribution in [0.3, 0.4) is 0 Å². The number of nitrogens with zero attached hydrogens (tertiary/aromatic N) is 2. The standard InChI is InChI=1S/C28H30FN3O2/c1-34-26-8-7-23(29)17-22(26)19-28(12-13-28)31-27(33)25-18-24(9-14-30-25)32-15-10-21(11-16-32)20-5-3-2-4-6-20/h2-9,14,17-18,21H,10-13,15-16,19H2,1H3,(H,31,33). The number of hydrogen-bond donors (Lipinski definition) is 1. The maximum atomic E-state index is 13.8. The van der Waals surface area contributed by atoms with Crippen LogP contribution >= 0.6 is 0 Å². The summed E-state index contributed by atoms with van der Waals surface area (Å²) >= 11 is 0. The molecule has 1 aliphatic carbocycles. The Hall–Kier alpha value is -3.41. The van der Waals surface area contributed by atoms with Gasteiger partial charge < -0.3 is 15.0 Å². The molecule has 0 bridgehead atoms. The molecule has 1 aromatic heterocycles. The Morgan fingerprint density at radius 3 is 2.59 bits per heavy atom. The van der Waals surface area contributed by atoms with Crippen molar-refractivity contribution in [3.8, 4) is 5.75 Å². The minimum Gasteiger partial charge on any atom is -0.496 e. The molecule has 1 N–H and O–H groups in total. The molecule has 0 unspecified atom stereocenters. The van der Waals surface area contributed by atoms with E-state index < -0.39 is 0 Å². The average Bonchev–Trinajstić information content (AvgIpc) is 3.63. The van der Waals surface area contributed by atoms with Gasteiger partial charge in [0, 0.05) is 30.5 Å². The number of nitrogens with one attached hydrogen (secondary N) is 1. The molecule has 5 rings (SSSR count). The van der Waals surface area contributed by atoms with E-state index in [0.717, 1.165) is 50.0 Å². The molecule has 34 heavy (non-hydrogen) atoms. The van der Waals surface area contributed by atoms with Gasteiger partial charge in [-0.2, -0.15) is 0 Å². The number of hydrogen-bond acceptors (Lipinski definition) is 4. The first kappa shape index (κ1) is 22.4. The van der Waals surface area contributed by atoms with Gasteiger partial charge in [-0.15, -0.1) is 0 Å². The van der Waals surface area contributed by atoms with Crippen molar-refractivity contribution < 1.29 is 13.9 Å². The summed E-state index contributed by atoms with van der Waals surface area (Å²) < 4.78 is 19.2. The van der Waals surface area contributed by atoms with E-state index in [9.17, 15) is 9.18 Å². The first-order valence-electron chi connectivity index (χ1n) is 12.0. The Kier molecular flexibility index (Phi) is 6.22. The van der Waals surface area contributed by atoms with Crippen molar-refractivity contribution in [1.82, 2.24) is 10.3 Å². The Bertz CT molecular complexity index is 1160. The lowest BCUT2D eigenvalue weighted by molar-refractivity contribution is 0.0926. The highest BCUT2D eigenvalue weighted by Crippen LogP contribution is 2.41. The predicted octanol–water partition coefficient (Wildman–Crippen LogP) is 5.12. The lowest BCUT2D eigenvalue weighted by Gasteiger charge is -2.34. The second-order valence-electron chi connectivity index (χ2n) is 9.44. The second-order valence-corrected chi connectivity index (χ2v) is 9.44. The smallest absolute Gasteiger partial charge is 0.270 e. The van der Waals surface area contributed by atoms with E-state index in [2.05, 4.69) is 45.5 Å². The van der Waals surface area contributed by atoms with Crippen LogP contribution in [0.2, 0.25) is 0 Å². The van der Waals surface area contributed by atoms with E-state index >= 15 is 0 Å². The summed E-state index contributed by atoms with van der Waals surface area (Å²) in [4.78, 5) is 19.8. The second kappa shape index (κ2) is 9.45. The minimum absolute atomic E-state index is 0.186. The van der Waals surface area contributed by atoms with Crippen LogP contribution in [0.25, 0.3) is 0 Å². The van der Waals surface area contributed by atoms with Gasteiger partial charge in [-0.05, 0) is 79.5 Å². The summed E-state index contributed by atoms with van der Waals surface area (Å²) in [5.41, 5.74) is 3.25. The molecule has 2 fully saturated rings. The third kappa shape index (κ3) is 4.91. The van der Waals surface area contributed by atoms with Crippen molar-refractivity contribution in [3.63, 3.8) is 0 Å². The number of amides is 1. The van der Waals surface area contributed by atoms with Crippen LogP contribution in [-0.4, -0.2) is 36.6 Å². The maximum absolute atomic E-state index is 13.8. The Balaban J connectivity index is 1.23. The summed E-state index contributed by atoms with van der Waals surface area (Å²) in [5, 5.41) is 3.16. The fraction of sp³-hybridized carbons (Fsp3) is 0.357. The lowest BCUT2D eigenvalue weighted by Crippen LogP contribution is -2.39. The number of benzene rings is 2. The molecule has 1 aliphatic heterocycles. The number of pyridine rings is 1. The molecule has 2 aliphatic rings.